The Kier molecular flexibility index (Phi) is 5.03. The minimum atomic E-state index is -0.227. The standard InChI is InChI=1S/C23H24N4O3/c1-13(2)27-22-20(12-24-27)19(11-21(26-22)18-10-14(3)30-15(18)4)23(28)25-16-6-8-17(29-5)9-7-16/h6-13H,1-5H3,(H,25,28). The van der Waals surface area contributed by atoms with Crippen LogP contribution < -0.4 is 10.1 Å². The van der Waals surface area contributed by atoms with Gasteiger partial charge in [-0.15, -0.1) is 0 Å². The van der Waals surface area contributed by atoms with Gasteiger partial charge in [0.25, 0.3) is 5.91 Å². The third-order valence-electron chi connectivity index (χ3n) is 4.97. The molecule has 0 radical (unpaired) electrons. The summed E-state index contributed by atoms with van der Waals surface area (Å²) in [7, 11) is 1.61. The number of fused-ring (bicyclic) bond motifs is 1. The van der Waals surface area contributed by atoms with Crippen molar-refractivity contribution in [2.24, 2.45) is 0 Å². The van der Waals surface area contributed by atoms with Gasteiger partial charge in [-0.1, -0.05) is 0 Å². The maximum Gasteiger partial charge on any atom is 0.256 e. The van der Waals surface area contributed by atoms with Gasteiger partial charge < -0.3 is 14.5 Å². The molecule has 30 heavy (non-hydrogen) atoms. The predicted octanol–water partition coefficient (Wildman–Crippen LogP) is 5.15. The number of anilines is 1. The van der Waals surface area contributed by atoms with Gasteiger partial charge in [-0.2, -0.15) is 5.10 Å². The number of benzene rings is 1. The number of hydrogen-bond acceptors (Lipinski definition) is 5. The van der Waals surface area contributed by atoms with Crippen molar-refractivity contribution in [3.05, 3.63) is 59.7 Å². The van der Waals surface area contributed by atoms with Crippen LogP contribution >= 0.6 is 0 Å². The van der Waals surface area contributed by atoms with Crippen LogP contribution in [0.2, 0.25) is 0 Å². The quantitative estimate of drug-likeness (QED) is 0.497. The van der Waals surface area contributed by atoms with Gasteiger partial charge in [0.15, 0.2) is 5.65 Å². The Bertz CT molecular complexity index is 1220. The van der Waals surface area contributed by atoms with Crippen molar-refractivity contribution in [1.82, 2.24) is 14.8 Å². The number of carbonyl (C=O) groups is 1. The smallest absolute Gasteiger partial charge is 0.256 e. The van der Waals surface area contributed by atoms with Crippen molar-refractivity contribution in [1.29, 1.82) is 0 Å². The van der Waals surface area contributed by atoms with Gasteiger partial charge in [0.2, 0.25) is 0 Å². The number of furan rings is 1. The number of nitrogens with zero attached hydrogens (tertiary/aromatic N) is 3. The van der Waals surface area contributed by atoms with E-state index in [2.05, 4.69) is 10.4 Å². The summed E-state index contributed by atoms with van der Waals surface area (Å²) in [5.74, 6) is 2.06. The minimum Gasteiger partial charge on any atom is -0.497 e. The van der Waals surface area contributed by atoms with Crippen molar-refractivity contribution < 1.29 is 13.9 Å². The molecule has 3 aromatic heterocycles. The highest BCUT2D eigenvalue weighted by Crippen LogP contribution is 2.30. The molecule has 0 bridgehead atoms. The van der Waals surface area contributed by atoms with Gasteiger partial charge in [-0.05, 0) is 64.1 Å². The highest BCUT2D eigenvalue weighted by molar-refractivity contribution is 6.12. The van der Waals surface area contributed by atoms with Crippen molar-refractivity contribution in [3.8, 4) is 17.0 Å². The van der Waals surface area contributed by atoms with Gasteiger partial charge in [-0.25, -0.2) is 9.67 Å². The summed E-state index contributed by atoms with van der Waals surface area (Å²) in [5, 5.41) is 8.13. The molecule has 0 unspecified atom stereocenters. The second kappa shape index (κ2) is 7.67. The van der Waals surface area contributed by atoms with Gasteiger partial charge in [0.1, 0.15) is 17.3 Å². The van der Waals surface area contributed by atoms with E-state index in [1.54, 1.807) is 43.6 Å². The van der Waals surface area contributed by atoms with Crippen molar-refractivity contribution >= 4 is 22.6 Å². The molecule has 7 heteroatoms. The first kappa shape index (κ1) is 19.7. The number of hydrogen-bond donors (Lipinski definition) is 1. The third kappa shape index (κ3) is 3.54. The molecule has 3 heterocycles. The van der Waals surface area contributed by atoms with Crippen LogP contribution in [-0.4, -0.2) is 27.8 Å². The summed E-state index contributed by atoms with van der Waals surface area (Å²) in [5.41, 5.74) is 3.40. The first-order chi connectivity index (χ1) is 14.4. The van der Waals surface area contributed by atoms with Crippen molar-refractivity contribution in [2.75, 3.05) is 12.4 Å². The molecule has 0 saturated carbocycles. The van der Waals surface area contributed by atoms with E-state index < -0.39 is 0 Å². The molecule has 1 N–H and O–H groups in total. The van der Waals surface area contributed by atoms with Crippen LogP contribution in [0.3, 0.4) is 0 Å². The molecule has 1 aromatic carbocycles. The zero-order valence-electron chi connectivity index (χ0n) is 17.7. The topological polar surface area (TPSA) is 82.2 Å². The molecule has 1 amide bonds. The number of aromatic nitrogens is 3. The minimum absolute atomic E-state index is 0.106. The first-order valence-corrected chi connectivity index (χ1v) is 9.78. The van der Waals surface area contributed by atoms with E-state index in [-0.39, 0.29) is 11.9 Å². The van der Waals surface area contributed by atoms with E-state index in [1.165, 1.54) is 0 Å². The highest BCUT2D eigenvalue weighted by Gasteiger charge is 2.20. The Morgan fingerprint density at radius 3 is 2.50 bits per heavy atom. The Labute approximate surface area is 174 Å². The van der Waals surface area contributed by atoms with Crippen LogP contribution in [0, 0.1) is 13.8 Å². The number of carbonyl (C=O) groups excluding carboxylic acids is 1. The maximum absolute atomic E-state index is 13.2. The molecule has 0 aliphatic heterocycles. The summed E-state index contributed by atoms with van der Waals surface area (Å²) < 4.78 is 12.7. The van der Waals surface area contributed by atoms with Crippen LogP contribution in [0.15, 0.2) is 47.0 Å². The average Bonchev–Trinajstić information content (AvgIpc) is 3.30. The summed E-state index contributed by atoms with van der Waals surface area (Å²) >= 11 is 0. The Morgan fingerprint density at radius 2 is 1.90 bits per heavy atom. The fourth-order valence-electron chi connectivity index (χ4n) is 3.48. The van der Waals surface area contributed by atoms with Gasteiger partial charge in [0, 0.05) is 17.3 Å². The van der Waals surface area contributed by atoms with E-state index in [0.29, 0.717) is 28.0 Å². The van der Waals surface area contributed by atoms with Crippen molar-refractivity contribution in [3.63, 3.8) is 0 Å². The van der Waals surface area contributed by atoms with Crippen LogP contribution in [0.4, 0.5) is 5.69 Å². The number of ether oxygens (including phenoxy) is 1. The fourth-order valence-corrected chi connectivity index (χ4v) is 3.48. The number of amides is 1. The summed E-state index contributed by atoms with van der Waals surface area (Å²) in [4.78, 5) is 18.0. The van der Waals surface area contributed by atoms with E-state index in [4.69, 9.17) is 14.1 Å². The molecule has 7 nitrogen and oxygen atoms in total. The lowest BCUT2D eigenvalue weighted by atomic mass is 10.1. The first-order valence-electron chi connectivity index (χ1n) is 9.78. The molecule has 0 atom stereocenters. The van der Waals surface area contributed by atoms with Crippen LogP contribution in [0.1, 0.15) is 41.8 Å². The second-order valence-corrected chi connectivity index (χ2v) is 7.48. The fraction of sp³-hybridized carbons (Fsp3) is 0.261. The average molecular weight is 404 g/mol. The summed E-state index contributed by atoms with van der Waals surface area (Å²) in [6.07, 6.45) is 1.70. The lowest BCUT2D eigenvalue weighted by Crippen LogP contribution is -2.13. The normalized spacial score (nSPS) is 11.3. The molecule has 0 spiro atoms. The number of nitrogens with one attached hydrogen (secondary N) is 1. The number of aryl methyl sites for hydroxylation is 2. The monoisotopic (exact) mass is 404 g/mol. The van der Waals surface area contributed by atoms with Crippen LogP contribution in [0.25, 0.3) is 22.3 Å². The SMILES string of the molecule is COc1ccc(NC(=O)c2cc(-c3cc(C)oc3C)nc3c2cnn3C(C)C)cc1. The zero-order valence-corrected chi connectivity index (χ0v) is 17.7. The molecular formula is C23H24N4O3. The molecular weight excluding hydrogens is 380 g/mol. The lowest BCUT2D eigenvalue weighted by Gasteiger charge is -2.11. The van der Waals surface area contributed by atoms with Gasteiger partial charge in [0.05, 0.1) is 30.0 Å². The molecule has 0 fully saturated rings. The van der Waals surface area contributed by atoms with E-state index in [9.17, 15) is 4.79 Å². The van der Waals surface area contributed by atoms with Gasteiger partial charge >= 0.3 is 0 Å². The Hall–Kier alpha value is -3.61. The van der Waals surface area contributed by atoms with Gasteiger partial charge in [-0.3, -0.25) is 4.79 Å². The highest BCUT2D eigenvalue weighted by atomic mass is 16.5. The maximum atomic E-state index is 13.2. The molecule has 154 valence electrons. The number of pyridine rings is 1. The largest absolute Gasteiger partial charge is 0.497 e. The summed E-state index contributed by atoms with van der Waals surface area (Å²) in [6, 6.07) is 11.0. The Balaban J connectivity index is 1.82. The molecule has 0 aliphatic carbocycles. The van der Waals surface area contributed by atoms with Crippen LogP contribution in [0.5, 0.6) is 5.75 Å². The molecule has 4 aromatic rings. The van der Waals surface area contributed by atoms with Crippen LogP contribution in [-0.2, 0) is 0 Å². The molecule has 0 saturated heterocycles. The molecule has 4 rings (SSSR count). The predicted molar refractivity (Wildman–Crippen MR) is 116 cm³/mol. The molecule has 0 aliphatic rings. The third-order valence-corrected chi connectivity index (χ3v) is 4.97. The van der Waals surface area contributed by atoms with E-state index >= 15 is 0 Å². The summed E-state index contributed by atoms with van der Waals surface area (Å²) in [6.45, 7) is 7.85. The number of rotatable bonds is 5. The zero-order chi connectivity index (χ0) is 21.4. The Morgan fingerprint density at radius 1 is 1.17 bits per heavy atom. The van der Waals surface area contributed by atoms with Crippen molar-refractivity contribution in [2.45, 2.75) is 33.7 Å². The second-order valence-electron chi connectivity index (χ2n) is 7.48. The lowest BCUT2D eigenvalue weighted by molar-refractivity contribution is 0.102. The number of methoxy groups -OCH3 is 1. The van der Waals surface area contributed by atoms with E-state index in [1.807, 2.05) is 38.4 Å². The van der Waals surface area contributed by atoms with E-state index in [0.717, 1.165) is 22.8 Å².